The molecule has 0 aliphatic carbocycles. The van der Waals surface area contributed by atoms with Gasteiger partial charge in [-0.3, -0.25) is 9.59 Å². The van der Waals surface area contributed by atoms with Crippen LogP contribution in [-0.4, -0.2) is 34.8 Å². The van der Waals surface area contributed by atoms with Gasteiger partial charge in [0.1, 0.15) is 0 Å². The van der Waals surface area contributed by atoms with Crippen LogP contribution in [0.15, 0.2) is 0 Å². The lowest BCUT2D eigenvalue weighted by Gasteiger charge is -2.13. The maximum Gasteiger partial charge on any atom is 0.225 e. The molecule has 116 valence electrons. The van der Waals surface area contributed by atoms with Crippen molar-refractivity contribution in [3.63, 3.8) is 0 Å². The van der Waals surface area contributed by atoms with E-state index in [4.69, 9.17) is 0 Å². The number of aromatic nitrogens is 1. The Balaban J connectivity index is 1.88. The molecule has 1 fully saturated rings. The van der Waals surface area contributed by atoms with Crippen molar-refractivity contribution in [2.75, 3.05) is 13.1 Å². The molecule has 0 radical (unpaired) electrons. The number of rotatable bonds is 6. The van der Waals surface area contributed by atoms with Crippen LogP contribution in [0.5, 0.6) is 0 Å². The van der Waals surface area contributed by atoms with Gasteiger partial charge < -0.3 is 10.2 Å². The van der Waals surface area contributed by atoms with Crippen LogP contribution in [0.1, 0.15) is 42.3 Å². The minimum atomic E-state index is -0.208. The second-order valence-corrected chi connectivity index (χ2v) is 6.59. The second kappa shape index (κ2) is 7.02. The number of nitrogens with zero attached hydrogens (tertiary/aromatic N) is 2. The van der Waals surface area contributed by atoms with E-state index >= 15 is 0 Å². The number of nitrogens with one attached hydrogen (secondary N) is 1. The zero-order chi connectivity index (χ0) is 15.4. The van der Waals surface area contributed by atoms with Crippen molar-refractivity contribution >= 4 is 23.2 Å². The first-order valence-electron chi connectivity index (χ1n) is 7.55. The number of carbonyl (C=O) groups is 2. The summed E-state index contributed by atoms with van der Waals surface area (Å²) in [7, 11) is 0. The molecule has 1 aliphatic rings. The van der Waals surface area contributed by atoms with Gasteiger partial charge in [0, 0.05) is 24.4 Å². The van der Waals surface area contributed by atoms with Gasteiger partial charge in [0.15, 0.2) is 0 Å². The normalized spacial score (nSPS) is 18.3. The molecule has 21 heavy (non-hydrogen) atoms. The van der Waals surface area contributed by atoms with Crippen molar-refractivity contribution < 1.29 is 9.59 Å². The maximum absolute atomic E-state index is 12.2. The topological polar surface area (TPSA) is 62.3 Å². The van der Waals surface area contributed by atoms with Crippen LogP contribution in [0.2, 0.25) is 0 Å². The van der Waals surface area contributed by atoms with Crippen molar-refractivity contribution in [3.8, 4) is 0 Å². The molecule has 0 bridgehead atoms. The zero-order valence-corrected chi connectivity index (χ0v) is 13.8. The van der Waals surface area contributed by atoms with Gasteiger partial charge in [0.05, 0.1) is 23.2 Å². The molecule has 2 amide bonds. The number of likely N-dealkylation sites (tertiary alicyclic amines) is 1. The fourth-order valence-electron chi connectivity index (χ4n) is 2.54. The van der Waals surface area contributed by atoms with E-state index in [0.29, 0.717) is 26.1 Å². The largest absolute Gasteiger partial charge is 0.351 e. The monoisotopic (exact) mass is 309 g/mol. The van der Waals surface area contributed by atoms with E-state index in [-0.39, 0.29) is 17.7 Å². The van der Waals surface area contributed by atoms with E-state index in [0.717, 1.165) is 28.4 Å². The maximum atomic E-state index is 12.2. The minimum absolute atomic E-state index is 0.0239. The van der Waals surface area contributed by atoms with E-state index in [1.807, 2.05) is 13.8 Å². The summed E-state index contributed by atoms with van der Waals surface area (Å²) in [5.41, 5.74) is 1.00. The van der Waals surface area contributed by atoms with Gasteiger partial charge in [0.25, 0.3) is 0 Å². The van der Waals surface area contributed by atoms with Crippen molar-refractivity contribution in [1.82, 2.24) is 15.2 Å². The average Bonchev–Trinajstić information content (AvgIpc) is 2.99. The van der Waals surface area contributed by atoms with Crippen LogP contribution in [0.3, 0.4) is 0 Å². The third kappa shape index (κ3) is 3.81. The average molecular weight is 309 g/mol. The summed E-state index contributed by atoms with van der Waals surface area (Å²) in [6.45, 7) is 7.79. The number of hydrogen-bond acceptors (Lipinski definition) is 4. The minimum Gasteiger partial charge on any atom is -0.351 e. The summed E-state index contributed by atoms with van der Waals surface area (Å²) in [6, 6.07) is 0. The lowest BCUT2D eigenvalue weighted by atomic mass is 10.1. The van der Waals surface area contributed by atoms with Gasteiger partial charge in [-0.25, -0.2) is 4.98 Å². The molecule has 2 rings (SSSR count). The Kier molecular flexibility index (Phi) is 5.33. The first-order valence-corrected chi connectivity index (χ1v) is 8.37. The zero-order valence-electron chi connectivity index (χ0n) is 12.9. The molecule has 6 heteroatoms. The highest BCUT2D eigenvalue weighted by atomic mass is 32.1. The standard InChI is InChI=1S/C15H23N3O2S/c1-4-6-13-17-10(3)12(21-13)8-16-15(20)11-7-14(19)18(5-2)9-11/h11H,4-9H2,1-3H3,(H,16,20). The number of amides is 2. The highest BCUT2D eigenvalue weighted by Gasteiger charge is 2.33. The Hall–Kier alpha value is -1.43. The Labute approximate surface area is 129 Å². The Morgan fingerprint density at radius 2 is 2.24 bits per heavy atom. The molecule has 5 nitrogen and oxygen atoms in total. The van der Waals surface area contributed by atoms with E-state index in [1.54, 1.807) is 16.2 Å². The summed E-state index contributed by atoms with van der Waals surface area (Å²) in [5.74, 6) is -0.151. The molecular weight excluding hydrogens is 286 g/mol. The van der Waals surface area contributed by atoms with Crippen molar-refractivity contribution in [2.24, 2.45) is 5.92 Å². The third-order valence-electron chi connectivity index (χ3n) is 3.79. The molecule has 1 N–H and O–H groups in total. The molecule has 1 unspecified atom stereocenters. The summed E-state index contributed by atoms with van der Waals surface area (Å²) in [6.07, 6.45) is 2.40. The Morgan fingerprint density at radius 3 is 2.86 bits per heavy atom. The lowest BCUT2D eigenvalue weighted by Crippen LogP contribution is -2.32. The second-order valence-electron chi connectivity index (χ2n) is 5.42. The molecule has 1 aromatic heterocycles. The molecule has 1 saturated heterocycles. The van der Waals surface area contributed by atoms with E-state index in [1.165, 1.54) is 0 Å². The van der Waals surface area contributed by atoms with Gasteiger partial charge >= 0.3 is 0 Å². The highest BCUT2D eigenvalue weighted by Crippen LogP contribution is 2.21. The first-order chi connectivity index (χ1) is 10.0. The lowest BCUT2D eigenvalue weighted by molar-refractivity contribution is -0.128. The molecule has 0 aromatic carbocycles. The van der Waals surface area contributed by atoms with Gasteiger partial charge in [-0.2, -0.15) is 0 Å². The fraction of sp³-hybridized carbons (Fsp3) is 0.667. The molecular formula is C15H23N3O2S. The molecule has 0 saturated carbocycles. The summed E-state index contributed by atoms with van der Waals surface area (Å²) < 4.78 is 0. The SMILES string of the molecule is CCCc1nc(C)c(CNC(=O)C2CC(=O)N(CC)C2)s1. The number of carbonyl (C=O) groups excluding carboxylic acids is 2. The van der Waals surface area contributed by atoms with Crippen molar-refractivity contribution in [3.05, 3.63) is 15.6 Å². The fourth-order valence-corrected chi connectivity index (χ4v) is 3.65. The van der Waals surface area contributed by atoms with Crippen molar-refractivity contribution in [2.45, 2.75) is 46.6 Å². The van der Waals surface area contributed by atoms with Crippen LogP contribution < -0.4 is 5.32 Å². The molecule has 1 aliphatic heterocycles. The van der Waals surface area contributed by atoms with E-state index in [9.17, 15) is 9.59 Å². The van der Waals surface area contributed by atoms with Gasteiger partial charge in [-0.05, 0) is 26.7 Å². The predicted molar refractivity (Wildman–Crippen MR) is 83.1 cm³/mol. The van der Waals surface area contributed by atoms with Gasteiger partial charge in [-0.1, -0.05) is 6.92 Å². The quantitative estimate of drug-likeness (QED) is 0.873. The molecule has 1 atom stereocenters. The molecule has 2 heterocycles. The van der Waals surface area contributed by atoms with Crippen LogP contribution in [0, 0.1) is 12.8 Å². The van der Waals surface area contributed by atoms with Crippen LogP contribution in [-0.2, 0) is 22.6 Å². The Bertz CT molecular complexity index is 527. The summed E-state index contributed by atoms with van der Waals surface area (Å²) in [4.78, 5) is 31.2. The number of hydrogen-bond donors (Lipinski definition) is 1. The first kappa shape index (κ1) is 15.9. The van der Waals surface area contributed by atoms with Crippen LogP contribution in [0.25, 0.3) is 0 Å². The van der Waals surface area contributed by atoms with E-state index < -0.39 is 0 Å². The Morgan fingerprint density at radius 1 is 1.48 bits per heavy atom. The van der Waals surface area contributed by atoms with Gasteiger partial charge in [0.2, 0.25) is 11.8 Å². The number of thiazole rings is 1. The van der Waals surface area contributed by atoms with Crippen LogP contribution >= 0.6 is 11.3 Å². The summed E-state index contributed by atoms with van der Waals surface area (Å²) >= 11 is 1.67. The van der Waals surface area contributed by atoms with E-state index in [2.05, 4.69) is 17.2 Å². The smallest absolute Gasteiger partial charge is 0.225 e. The third-order valence-corrected chi connectivity index (χ3v) is 5.01. The van der Waals surface area contributed by atoms with Crippen LogP contribution in [0.4, 0.5) is 0 Å². The van der Waals surface area contributed by atoms with Crippen molar-refractivity contribution in [1.29, 1.82) is 0 Å². The molecule has 1 aromatic rings. The highest BCUT2D eigenvalue weighted by molar-refractivity contribution is 7.11. The predicted octanol–water partition coefficient (Wildman–Crippen LogP) is 1.89. The van der Waals surface area contributed by atoms with Gasteiger partial charge in [-0.15, -0.1) is 11.3 Å². The number of aryl methyl sites for hydroxylation is 2. The molecule has 0 spiro atoms. The summed E-state index contributed by atoms with van der Waals surface area (Å²) in [5, 5.41) is 4.09.